The minimum Gasteiger partial charge on any atom is -0.293 e. The van der Waals surface area contributed by atoms with Crippen molar-refractivity contribution in [1.82, 2.24) is 0 Å². The summed E-state index contributed by atoms with van der Waals surface area (Å²) in [6.07, 6.45) is 2.92. The fourth-order valence-electron chi connectivity index (χ4n) is 2.42. The maximum atomic E-state index is 13.0. The highest BCUT2D eigenvalue weighted by Gasteiger charge is 2.29. The molecule has 1 aliphatic rings. The molecule has 3 rings (SSSR count). The fourth-order valence-corrected chi connectivity index (χ4v) is 4.10. The highest BCUT2D eigenvalue weighted by atomic mass is 35.5. The zero-order chi connectivity index (χ0) is 16.6. The van der Waals surface area contributed by atoms with Crippen molar-refractivity contribution in [3.63, 3.8) is 0 Å². The molecule has 0 spiro atoms. The Hall–Kier alpha value is -2.11. The van der Waals surface area contributed by atoms with Gasteiger partial charge in [-0.2, -0.15) is 0 Å². The van der Waals surface area contributed by atoms with Crippen molar-refractivity contribution in [2.75, 3.05) is 10.8 Å². The highest BCUT2D eigenvalue weighted by Crippen LogP contribution is 2.34. The first kappa shape index (κ1) is 15.8. The number of rotatable bonds is 2. The van der Waals surface area contributed by atoms with Crippen LogP contribution in [0.2, 0.25) is 5.02 Å². The van der Waals surface area contributed by atoms with Gasteiger partial charge in [0, 0.05) is 10.6 Å². The second-order valence-electron chi connectivity index (χ2n) is 5.30. The fraction of sp³-hybridized carbons (Fsp3) is 0.118. The standard InChI is InChI=1S/C17H14ClNO3S/c1-12-5-8-14(9-6-12)23(21,22)19-11-13(20)7-10-15-16(18)3-2-4-17(15)19/h2-10H,11H2,1H3. The average Bonchev–Trinajstić information content (AvgIpc) is 2.68. The lowest BCUT2D eigenvalue weighted by atomic mass is 10.1. The van der Waals surface area contributed by atoms with Crippen LogP contribution >= 0.6 is 11.6 Å². The second-order valence-corrected chi connectivity index (χ2v) is 7.57. The quantitative estimate of drug-likeness (QED) is 0.836. The van der Waals surface area contributed by atoms with Crippen molar-refractivity contribution >= 4 is 39.2 Å². The third-order valence-corrected chi connectivity index (χ3v) is 5.75. The summed E-state index contributed by atoms with van der Waals surface area (Å²) in [5.41, 5.74) is 1.89. The first-order valence-electron chi connectivity index (χ1n) is 6.98. The molecule has 1 heterocycles. The number of sulfonamides is 1. The zero-order valence-corrected chi connectivity index (χ0v) is 13.9. The van der Waals surface area contributed by atoms with Gasteiger partial charge >= 0.3 is 0 Å². The molecular formula is C17H14ClNO3S. The van der Waals surface area contributed by atoms with Crippen LogP contribution in [0.5, 0.6) is 0 Å². The van der Waals surface area contributed by atoms with E-state index in [1.807, 2.05) is 6.92 Å². The van der Waals surface area contributed by atoms with Crippen LogP contribution in [0, 0.1) is 6.92 Å². The van der Waals surface area contributed by atoms with Crippen LogP contribution in [0.15, 0.2) is 53.4 Å². The molecule has 0 saturated heterocycles. The van der Waals surface area contributed by atoms with Gasteiger partial charge in [-0.1, -0.05) is 35.4 Å². The van der Waals surface area contributed by atoms with Crippen LogP contribution in [0.1, 0.15) is 11.1 Å². The number of carbonyl (C=O) groups is 1. The molecule has 2 aromatic rings. The normalized spacial score (nSPS) is 14.5. The van der Waals surface area contributed by atoms with Gasteiger partial charge in [-0.15, -0.1) is 0 Å². The Morgan fingerprint density at radius 2 is 1.74 bits per heavy atom. The number of benzene rings is 2. The third kappa shape index (κ3) is 2.90. The summed E-state index contributed by atoms with van der Waals surface area (Å²) >= 11 is 6.16. The number of nitrogens with zero attached hydrogens (tertiary/aromatic N) is 1. The number of carbonyl (C=O) groups excluding carboxylic acids is 1. The van der Waals surface area contributed by atoms with E-state index in [1.165, 1.54) is 18.2 Å². The van der Waals surface area contributed by atoms with Crippen LogP contribution in [0.25, 0.3) is 6.08 Å². The monoisotopic (exact) mass is 347 g/mol. The molecule has 0 fully saturated rings. The predicted octanol–water partition coefficient (Wildman–Crippen LogP) is 3.44. The van der Waals surface area contributed by atoms with Gasteiger partial charge in [0.15, 0.2) is 5.78 Å². The number of anilines is 1. The van der Waals surface area contributed by atoms with Crippen molar-refractivity contribution in [3.05, 3.63) is 64.7 Å². The number of hydrogen-bond acceptors (Lipinski definition) is 3. The predicted molar refractivity (Wildman–Crippen MR) is 91.2 cm³/mol. The zero-order valence-electron chi connectivity index (χ0n) is 12.4. The summed E-state index contributed by atoms with van der Waals surface area (Å²) in [4.78, 5) is 12.1. The first-order chi connectivity index (χ1) is 10.9. The molecule has 0 radical (unpaired) electrons. The van der Waals surface area contributed by atoms with Gasteiger partial charge < -0.3 is 0 Å². The maximum Gasteiger partial charge on any atom is 0.264 e. The van der Waals surface area contributed by atoms with E-state index in [2.05, 4.69) is 0 Å². The lowest BCUT2D eigenvalue weighted by molar-refractivity contribution is -0.113. The molecule has 118 valence electrons. The van der Waals surface area contributed by atoms with Crippen molar-refractivity contribution in [1.29, 1.82) is 0 Å². The lowest BCUT2D eigenvalue weighted by Crippen LogP contribution is -2.35. The van der Waals surface area contributed by atoms with Gasteiger partial charge in [0.25, 0.3) is 10.0 Å². The summed E-state index contributed by atoms with van der Waals surface area (Å²) < 4.78 is 27.1. The Bertz CT molecular complexity index is 902. The van der Waals surface area contributed by atoms with Crippen molar-refractivity contribution in [2.45, 2.75) is 11.8 Å². The Balaban J connectivity index is 2.18. The van der Waals surface area contributed by atoms with Gasteiger partial charge in [-0.25, -0.2) is 8.42 Å². The van der Waals surface area contributed by atoms with Gasteiger partial charge in [0.2, 0.25) is 0 Å². The molecule has 0 atom stereocenters. The molecule has 0 unspecified atom stereocenters. The van der Waals surface area contributed by atoms with E-state index in [1.54, 1.807) is 36.4 Å². The molecular weight excluding hydrogens is 334 g/mol. The molecule has 4 nitrogen and oxygen atoms in total. The summed E-state index contributed by atoms with van der Waals surface area (Å²) in [6.45, 7) is 1.63. The molecule has 0 N–H and O–H groups in total. The number of hydrogen-bond donors (Lipinski definition) is 0. The summed E-state index contributed by atoms with van der Waals surface area (Å²) in [7, 11) is -3.85. The molecule has 0 aromatic heterocycles. The van der Waals surface area contributed by atoms with Crippen LogP contribution in [-0.2, 0) is 14.8 Å². The largest absolute Gasteiger partial charge is 0.293 e. The van der Waals surface area contributed by atoms with Gasteiger partial charge in [-0.3, -0.25) is 9.10 Å². The number of fused-ring (bicyclic) bond motifs is 1. The van der Waals surface area contributed by atoms with E-state index in [0.717, 1.165) is 9.87 Å². The van der Waals surface area contributed by atoms with E-state index in [9.17, 15) is 13.2 Å². The van der Waals surface area contributed by atoms with Gasteiger partial charge in [0.05, 0.1) is 17.1 Å². The van der Waals surface area contributed by atoms with E-state index < -0.39 is 10.0 Å². The van der Waals surface area contributed by atoms with Crippen LogP contribution in [-0.4, -0.2) is 20.7 Å². The topological polar surface area (TPSA) is 54.5 Å². The Labute approximate surface area is 140 Å². The number of halogens is 1. The summed E-state index contributed by atoms with van der Waals surface area (Å²) in [5, 5.41) is 0.401. The van der Waals surface area contributed by atoms with Crippen LogP contribution in [0.3, 0.4) is 0 Å². The SMILES string of the molecule is Cc1ccc(S(=O)(=O)N2CC(=O)C=Cc3c(Cl)cccc32)cc1. The van der Waals surface area contributed by atoms with Crippen LogP contribution in [0.4, 0.5) is 5.69 Å². The van der Waals surface area contributed by atoms with Crippen LogP contribution < -0.4 is 4.31 Å². The number of aryl methyl sites for hydroxylation is 1. The van der Waals surface area contributed by atoms with E-state index in [4.69, 9.17) is 11.6 Å². The van der Waals surface area contributed by atoms with Crippen molar-refractivity contribution < 1.29 is 13.2 Å². The maximum absolute atomic E-state index is 13.0. The smallest absolute Gasteiger partial charge is 0.264 e. The third-order valence-electron chi connectivity index (χ3n) is 3.64. The lowest BCUT2D eigenvalue weighted by Gasteiger charge is -2.24. The van der Waals surface area contributed by atoms with E-state index in [-0.39, 0.29) is 17.2 Å². The Kier molecular flexibility index (Phi) is 4.00. The van der Waals surface area contributed by atoms with Crippen molar-refractivity contribution in [2.24, 2.45) is 0 Å². The molecule has 2 aromatic carbocycles. The summed E-state index contributed by atoms with van der Waals surface area (Å²) in [5.74, 6) is -0.298. The Morgan fingerprint density at radius 1 is 1.04 bits per heavy atom. The molecule has 0 saturated carbocycles. The van der Waals surface area contributed by atoms with E-state index in [0.29, 0.717) is 16.3 Å². The minimum absolute atomic E-state index is 0.142. The Morgan fingerprint density at radius 3 is 2.43 bits per heavy atom. The molecule has 0 amide bonds. The highest BCUT2D eigenvalue weighted by molar-refractivity contribution is 7.92. The minimum atomic E-state index is -3.85. The molecule has 0 aliphatic carbocycles. The second kappa shape index (κ2) is 5.83. The van der Waals surface area contributed by atoms with Gasteiger partial charge in [0.1, 0.15) is 0 Å². The number of ketones is 1. The van der Waals surface area contributed by atoms with E-state index >= 15 is 0 Å². The van der Waals surface area contributed by atoms with Gasteiger partial charge in [-0.05, 0) is 43.3 Å². The molecule has 0 bridgehead atoms. The molecule has 1 aliphatic heterocycles. The molecule has 6 heteroatoms. The molecule has 23 heavy (non-hydrogen) atoms. The van der Waals surface area contributed by atoms with Crippen molar-refractivity contribution in [3.8, 4) is 0 Å². The summed E-state index contributed by atoms with van der Waals surface area (Å²) in [6, 6.07) is 11.5. The average molecular weight is 348 g/mol. The first-order valence-corrected chi connectivity index (χ1v) is 8.80.